The van der Waals surface area contributed by atoms with Crippen molar-refractivity contribution in [3.05, 3.63) is 59.0 Å². The first-order chi connectivity index (χ1) is 15.9. The Labute approximate surface area is 201 Å². The van der Waals surface area contributed by atoms with Crippen molar-refractivity contribution in [3.8, 4) is 22.6 Å². The van der Waals surface area contributed by atoms with Crippen LogP contribution in [0.2, 0.25) is 10.0 Å². The normalized spacial score (nSPS) is 17.9. The SMILES string of the molecule is C=CC(=O)N1C[C@H](Cc2ncc3cc(-c4c(Cl)c(OC)cc(OC)c4Cl)ccc3n2)[C@@H](O)C1. The summed E-state index contributed by atoms with van der Waals surface area (Å²) in [5.41, 5.74) is 2.12. The number of benzene rings is 2. The van der Waals surface area contributed by atoms with Gasteiger partial charge >= 0.3 is 0 Å². The largest absolute Gasteiger partial charge is 0.495 e. The zero-order valence-electron chi connectivity index (χ0n) is 18.2. The molecule has 7 nitrogen and oxygen atoms in total. The van der Waals surface area contributed by atoms with Crippen LogP contribution in [-0.2, 0) is 11.2 Å². The zero-order valence-corrected chi connectivity index (χ0v) is 19.7. The van der Waals surface area contributed by atoms with E-state index in [9.17, 15) is 9.90 Å². The number of methoxy groups -OCH3 is 2. The first-order valence-corrected chi connectivity index (χ1v) is 11.1. The molecule has 1 aliphatic rings. The Kier molecular flexibility index (Phi) is 6.74. The molecule has 4 rings (SSSR count). The third-order valence-electron chi connectivity index (χ3n) is 5.83. The predicted octanol–water partition coefficient (Wildman–Crippen LogP) is 4.17. The summed E-state index contributed by atoms with van der Waals surface area (Å²) in [5, 5.41) is 11.9. The summed E-state index contributed by atoms with van der Waals surface area (Å²) in [6.07, 6.45) is 2.83. The van der Waals surface area contributed by atoms with Gasteiger partial charge in [-0.2, -0.15) is 0 Å². The Balaban J connectivity index is 1.63. The lowest BCUT2D eigenvalue weighted by atomic mass is 10.0. The fourth-order valence-corrected chi connectivity index (χ4v) is 4.78. The number of hydrogen-bond acceptors (Lipinski definition) is 6. The Morgan fingerprint density at radius 3 is 2.55 bits per heavy atom. The molecule has 0 spiro atoms. The van der Waals surface area contributed by atoms with Crippen LogP contribution in [0.15, 0.2) is 43.1 Å². The molecule has 1 amide bonds. The maximum atomic E-state index is 11.8. The maximum Gasteiger partial charge on any atom is 0.246 e. The highest BCUT2D eigenvalue weighted by molar-refractivity contribution is 6.41. The van der Waals surface area contributed by atoms with Gasteiger partial charge < -0.3 is 19.5 Å². The lowest BCUT2D eigenvalue weighted by Gasteiger charge is -2.15. The average molecular weight is 488 g/mol. The van der Waals surface area contributed by atoms with Crippen molar-refractivity contribution in [2.45, 2.75) is 12.5 Å². The maximum absolute atomic E-state index is 11.8. The number of fused-ring (bicyclic) bond motifs is 1. The molecule has 2 atom stereocenters. The first kappa shape index (κ1) is 23.3. The monoisotopic (exact) mass is 487 g/mol. The molecular weight excluding hydrogens is 465 g/mol. The number of halogens is 2. The highest BCUT2D eigenvalue weighted by atomic mass is 35.5. The van der Waals surface area contributed by atoms with E-state index in [4.69, 9.17) is 32.7 Å². The smallest absolute Gasteiger partial charge is 0.246 e. The third-order valence-corrected chi connectivity index (χ3v) is 6.58. The van der Waals surface area contributed by atoms with Crippen molar-refractivity contribution in [2.75, 3.05) is 27.3 Å². The summed E-state index contributed by atoms with van der Waals surface area (Å²) in [5.74, 6) is 1.20. The second-order valence-electron chi connectivity index (χ2n) is 7.82. The van der Waals surface area contributed by atoms with Crippen LogP contribution in [0.25, 0.3) is 22.0 Å². The molecule has 0 bridgehead atoms. The van der Waals surface area contributed by atoms with E-state index in [0.717, 1.165) is 16.5 Å². The number of rotatable bonds is 6. The van der Waals surface area contributed by atoms with Crippen molar-refractivity contribution >= 4 is 40.0 Å². The minimum Gasteiger partial charge on any atom is -0.495 e. The lowest BCUT2D eigenvalue weighted by Crippen LogP contribution is -2.27. The number of β-amino-alcohol motifs (C(OH)–C–C–N with tert-alkyl or cyclic N) is 1. The number of aliphatic hydroxyl groups excluding tert-OH is 1. The molecule has 1 aromatic heterocycles. The van der Waals surface area contributed by atoms with Gasteiger partial charge in [-0.3, -0.25) is 4.79 Å². The second-order valence-corrected chi connectivity index (χ2v) is 8.58. The molecule has 2 aromatic carbocycles. The molecule has 9 heteroatoms. The number of hydrogen-bond donors (Lipinski definition) is 1. The molecule has 2 heterocycles. The minimum absolute atomic E-state index is 0.132. The number of aromatic nitrogens is 2. The topological polar surface area (TPSA) is 84.8 Å². The summed E-state index contributed by atoms with van der Waals surface area (Å²) in [6.45, 7) is 4.24. The van der Waals surface area contributed by atoms with Crippen LogP contribution in [0.4, 0.5) is 0 Å². The molecule has 1 aliphatic heterocycles. The van der Waals surface area contributed by atoms with E-state index in [-0.39, 0.29) is 18.4 Å². The molecule has 1 saturated heterocycles. The van der Waals surface area contributed by atoms with Crippen LogP contribution < -0.4 is 9.47 Å². The van der Waals surface area contributed by atoms with Crippen molar-refractivity contribution in [1.29, 1.82) is 0 Å². The van der Waals surface area contributed by atoms with Crippen molar-refractivity contribution in [3.63, 3.8) is 0 Å². The van der Waals surface area contributed by atoms with Gasteiger partial charge in [-0.15, -0.1) is 0 Å². The van der Waals surface area contributed by atoms with Crippen molar-refractivity contribution in [2.24, 2.45) is 5.92 Å². The van der Waals surface area contributed by atoms with Crippen LogP contribution in [0.3, 0.4) is 0 Å². The number of nitrogens with zero attached hydrogens (tertiary/aromatic N) is 3. The van der Waals surface area contributed by atoms with E-state index in [1.54, 1.807) is 17.2 Å². The Hall–Kier alpha value is -2.87. The van der Waals surface area contributed by atoms with E-state index >= 15 is 0 Å². The van der Waals surface area contributed by atoms with Gasteiger partial charge in [0.1, 0.15) is 17.3 Å². The number of carbonyl (C=O) groups is 1. The van der Waals surface area contributed by atoms with E-state index in [1.807, 2.05) is 18.2 Å². The van der Waals surface area contributed by atoms with Gasteiger partial charge in [-0.1, -0.05) is 35.8 Å². The molecule has 0 unspecified atom stereocenters. The lowest BCUT2D eigenvalue weighted by molar-refractivity contribution is -0.125. The number of aliphatic hydroxyl groups is 1. The summed E-state index contributed by atoms with van der Waals surface area (Å²) in [6, 6.07) is 7.29. The summed E-state index contributed by atoms with van der Waals surface area (Å²) >= 11 is 13.1. The molecular formula is C24H23Cl2N3O4. The summed E-state index contributed by atoms with van der Waals surface area (Å²) in [7, 11) is 3.06. The van der Waals surface area contributed by atoms with E-state index in [1.165, 1.54) is 20.3 Å². The quantitative estimate of drug-likeness (QED) is 0.525. The van der Waals surface area contributed by atoms with Crippen LogP contribution in [0, 0.1) is 5.92 Å². The zero-order chi connectivity index (χ0) is 23.7. The van der Waals surface area contributed by atoms with E-state index < -0.39 is 6.10 Å². The average Bonchev–Trinajstić information content (AvgIpc) is 3.18. The van der Waals surface area contributed by atoms with Gasteiger partial charge in [0.25, 0.3) is 0 Å². The minimum atomic E-state index is -0.622. The van der Waals surface area contributed by atoms with Crippen LogP contribution in [0.5, 0.6) is 11.5 Å². The Morgan fingerprint density at radius 2 is 1.91 bits per heavy atom. The van der Waals surface area contributed by atoms with Gasteiger partial charge in [-0.05, 0) is 23.8 Å². The number of ether oxygens (including phenoxy) is 2. The fraction of sp³-hybridized carbons (Fsp3) is 0.292. The molecule has 0 aliphatic carbocycles. The predicted molar refractivity (Wildman–Crippen MR) is 128 cm³/mol. The third kappa shape index (κ3) is 4.49. The van der Waals surface area contributed by atoms with E-state index in [2.05, 4.69) is 16.5 Å². The summed E-state index contributed by atoms with van der Waals surface area (Å²) < 4.78 is 10.7. The molecule has 33 heavy (non-hydrogen) atoms. The number of likely N-dealkylation sites (tertiary alicyclic amines) is 1. The van der Waals surface area contributed by atoms with Gasteiger partial charge in [-0.25, -0.2) is 9.97 Å². The molecule has 1 N–H and O–H groups in total. The van der Waals surface area contributed by atoms with Gasteiger partial charge in [0.05, 0.1) is 35.9 Å². The highest BCUT2D eigenvalue weighted by Gasteiger charge is 2.33. The molecule has 0 saturated carbocycles. The van der Waals surface area contributed by atoms with Crippen LogP contribution in [-0.4, -0.2) is 59.3 Å². The van der Waals surface area contributed by atoms with Gasteiger partial charge in [0, 0.05) is 48.6 Å². The molecule has 0 radical (unpaired) electrons. The van der Waals surface area contributed by atoms with Gasteiger partial charge in [0.2, 0.25) is 5.91 Å². The number of carbonyl (C=O) groups excluding carboxylic acids is 1. The standard InChI is InChI=1S/C24H23Cl2N3O4/c1-4-21(31)29-11-15(17(30)12-29)8-20-27-10-14-7-13(5-6-16(14)28-20)22-23(25)18(32-2)9-19(33-3)24(22)26/h4-7,9-10,15,17,30H,1,8,11-12H2,2-3H3/t15-,17-/m0/s1. The van der Waals surface area contributed by atoms with Crippen molar-refractivity contribution in [1.82, 2.24) is 14.9 Å². The second kappa shape index (κ2) is 9.55. The fourth-order valence-electron chi connectivity index (χ4n) is 4.06. The molecule has 1 fully saturated rings. The highest BCUT2D eigenvalue weighted by Crippen LogP contribution is 2.46. The molecule has 172 valence electrons. The Bertz CT molecular complexity index is 1210. The Morgan fingerprint density at radius 1 is 1.21 bits per heavy atom. The van der Waals surface area contributed by atoms with Crippen LogP contribution >= 0.6 is 23.2 Å². The first-order valence-electron chi connectivity index (χ1n) is 10.3. The van der Waals surface area contributed by atoms with E-state index in [0.29, 0.717) is 45.9 Å². The number of amides is 1. The molecule has 3 aromatic rings. The summed E-state index contributed by atoms with van der Waals surface area (Å²) in [4.78, 5) is 22.6. The van der Waals surface area contributed by atoms with Crippen LogP contribution in [0.1, 0.15) is 5.82 Å². The van der Waals surface area contributed by atoms with Gasteiger partial charge in [0.15, 0.2) is 0 Å². The van der Waals surface area contributed by atoms with Crippen molar-refractivity contribution < 1.29 is 19.4 Å².